The Morgan fingerprint density at radius 3 is 2.34 bits per heavy atom. The summed E-state index contributed by atoms with van der Waals surface area (Å²) in [6.07, 6.45) is 6.94. The van der Waals surface area contributed by atoms with Gasteiger partial charge in [-0.05, 0) is 67.7 Å². The van der Waals surface area contributed by atoms with Crippen molar-refractivity contribution in [1.29, 1.82) is 0 Å². The number of aryl methyl sites for hydroxylation is 2. The van der Waals surface area contributed by atoms with Gasteiger partial charge < -0.3 is 10.2 Å². The first-order chi connectivity index (χ1) is 18.0. The first-order valence-corrected chi connectivity index (χ1v) is 14.2. The van der Waals surface area contributed by atoms with Gasteiger partial charge >= 0.3 is 0 Å². The van der Waals surface area contributed by atoms with E-state index < -0.39 is 5.92 Å². The second-order valence-electron chi connectivity index (χ2n) is 9.88. The number of rotatable bonds is 8. The molecule has 1 N–H and O–H groups in total. The zero-order chi connectivity index (χ0) is 25.6. The molecule has 3 aromatic rings. The summed E-state index contributed by atoms with van der Waals surface area (Å²) in [5.74, 6) is -0.624. The molecule has 5 rings (SSSR count). The minimum atomic E-state index is -0.411. The van der Waals surface area contributed by atoms with Gasteiger partial charge in [-0.25, -0.2) is 0 Å². The van der Waals surface area contributed by atoms with Crippen LogP contribution in [0.25, 0.3) is 0 Å². The number of carbonyl (C=O) groups excluding carboxylic acids is 2. The number of halogens is 1. The van der Waals surface area contributed by atoms with Crippen LogP contribution in [0.2, 0.25) is 5.02 Å². The Hall–Kier alpha value is -2.81. The molecule has 1 aromatic heterocycles. The van der Waals surface area contributed by atoms with Gasteiger partial charge in [0, 0.05) is 36.6 Å². The van der Waals surface area contributed by atoms with Crippen molar-refractivity contribution in [3.8, 4) is 0 Å². The Labute approximate surface area is 234 Å². The van der Waals surface area contributed by atoms with Gasteiger partial charge in [0.25, 0.3) is 0 Å². The van der Waals surface area contributed by atoms with Crippen molar-refractivity contribution in [2.75, 3.05) is 29.9 Å². The van der Waals surface area contributed by atoms with Crippen molar-refractivity contribution in [2.24, 2.45) is 5.92 Å². The van der Waals surface area contributed by atoms with Gasteiger partial charge in [0.2, 0.25) is 16.9 Å². The molecule has 1 atom stereocenters. The number of anilines is 2. The van der Waals surface area contributed by atoms with E-state index in [4.69, 9.17) is 11.6 Å². The summed E-state index contributed by atoms with van der Waals surface area (Å²) < 4.78 is 0. The topological polar surface area (TPSA) is 78.4 Å². The van der Waals surface area contributed by atoms with Crippen molar-refractivity contribution in [1.82, 2.24) is 15.1 Å². The molecular weight excluding hydrogens is 518 g/mol. The fourth-order valence-corrected chi connectivity index (χ4v) is 5.85. The predicted octanol–water partition coefficient (Wildman–Crippen LogP) is 5.98. The van der Waals surface area contributed by atoms with Gasteiger partial charge in [0.05, 0.1) is 5.92 Å². The molecule has 9 heteroatoms. The number of benzene rings is 2. The van der Waals surface area contributed by atoms with Crippen LogP contribution < -0.4 is 10.2 Å². The van der Waals surface area contributed by atoms with Crippen molar-refractivity contribution >= 4 is 45.6 Å². The van der Waals surface area contributed by atoms with Crippen LogP contribution in [-0.4, -0.2) is 46.5 Å². The summed E-state index contributed by atoms with van der Waals surface area (Å²) in [6.45, 7) is 3.63. The highest BCUT2D eigenvalue weighted by atomic mass is 35.5. The van der Waals surface area contributed by atoms with E-state index in [-0.39, 0.29) is 25.7 Å². The molecule has 2 aliphatic heterocycles. The number of hydrogen-bond donors (Lipinski definition) is 1. The average molecular weight is 554 g/mol. The lowest BCUT2D eigenvalue weighted by Crippen LogP contribution is -2.28. The fourth-order valence-electron chi connectivity index (χ4n) is 4.98. The molecule has 0 spiro atoms. The van der Waals surface area contributed by atoms with Gasteiger partial charge in [-0.2, -0.15) is 0 Å². The summed E-state index contributed by atoms with van der Waals surface area (Å²) in [5.41, 5.74) is 3.28. The molecular formula is C29H36ClN5O2S. The number of hydrogen-bond acceptors (Lipinski definition) is 6. The van der Waals surface area contributed by atoms with Crippen LogP contribution in [0.15, 0.2) is 48.5 Å². The van der Waals surface area contributed by atoms with E-state index in [9.17, 15) is 9.59 Å². The second kappa shape index (κ2) is 13.3. The molecule has 0 aliphatic carbocycles. The van der Waals surface area contributed by atoms with Crippen LogP contribution in [0.3, 0.4) is 0 Å². The first kappa shape index (κ1) is 28.2. The van der Waals surface area contributed by atoms with E-state index in [1.54, 1.807) is 4.90 Å². The van der Waals surface area contributed by atoms with Crippen molar-refractivity contribution in [3.05, 3.63) is 69.7 Å². The van der Waals surface area contributed by atoms with E-state index in [0.29, 0.717) is 16.7 Å². The Kier molecular flexibility index (Phi) is 9.88. The number of likely N-dealkylation sites (tertiary alicyclic amines) is 1. The van der Waals surface area contributed by atoms with Crippen LogP contribution in [0, 0.1) is 5.92 Å². The maximum atomic E-state index is 12.9. The van der Waals surface area contributed by atoms with Crippen molar-refractivity contribution < 1.29 is 9.59 Å². The average Bonchev–Trinajstić information content (AvgIpc) is 3.43. The van der Waals surface area contributed by atoms with E-state index in [0.717, 1.165) is 43.2 Å². The molecule has 7 nitrogen and oxygen atoms in total. The molecule has 38 heavy (non-hydrogen) atoms. The number of nitrogens with zero attached hydrogens (tertiary/aromatic N) is 4. The molecule has 202 valence electrons. The van der Waals surface area contributed by atoms with Crippen LogP contribution in [-0.2, 0) is 29.0 Å². The van der Waals surface area contributed by atoms with Gasteiger partial charge in [-0.3, -0.25) is 14.5 Å². The molecule has 2 saturated heterocycles. The Bertz CT molecular complexity index is 1210. The fraction of sp³-hybridized carbons (Fsp3) is 0.448. The smallest absolute Gasteiger partial charge is 0.231 e. The number of aromatic nitrogens is 2. The van der Waals surface area contributed by atoms with Gasteiger partial charge in [0.15, 0.2) is 0 Å². The Morgan fingerprint density at radius 2 is 1.63 bits per heavy atom. The summed E-state index contributed by atoms with van der Waals surface area (Å²) in [4.78, 5) is 29.9. The van der Waals surface area contributed by atoms with Crippen LogP contribution in [0.5, 0.6) is 0 Å². The maximum Gasteiger partial charge on any atom is 0.231 e. The molecule has 2 fully saturated rings. The standard InChI is InChI=1S/C28H32ClN5O2S.CH4/c29-23-10-5-20(6-11-23)9-14-25-31-32-28(37-25)30-27(36)22-17-26(35)34(19-22)24-12-7-21(8-13-24)18-33-15-3-1-2-4-16-33;/h5-8,10-13,22H,1-4,9,14-19H2,(H,30,32,36);1H4/t22-;/m0./s1. The third-order valence-electron chi connectivity index (χ3n) is 7.09. The highest BCUT2D eigenvalue weighted by molar-refractivity contribution is 7.15. The van der Waals surface area contributed by atoms with E-state index in [1.165, 1.54) is 48.1 Å². The van der Waals surface area contributed by atoms with Crippen LogP contribution >= 0.6 is 22.9 Å². The molecule has 0 unspecified atom stereocenters. The summed E-state index contributed by atoms with van der Waals surface area (Å²) in [6, 6.07) is 16.0. The molecule has 0 bridgehead atoms. The molecule has 0 saturated carbocycles. The number of amides is 2. The zero-order valence-electron chi connectivity index (χ0n) is 20.9. The third-order valence-corrected chi connectivity index (χ3v) is 8.24. The van der Waals surface area contributed by atoms with Crippen molar-refractivity contribution in [2.45, 2.75) is 58.9 Å². The van der Waals surface area contributed by atoms with Crippen LogP contribution in [0.1, 0.15) is 55.7 Å². The first-order valence-electron chi connectivity index (χ1n) is 13.0. The highest BCUT2D eigenvalue weighted by Crippen LogP contribution is 2.27. The van der Waals surface area contributed by atoms with Crippen molar-refractivity contribution in [3.63, 3.8) is 0 Å². The van der Waals surface area contributed by atoms with E-state index >= 15 is 0 Å². The van der Waals surface area contributed by atoms with Crippen LogP contribution in [0.4, 0.5) is 10.8 Å². The van der Waals surface area contributed by atoms with E-state index in [2.05, 4.69) is 32.5 Å². The summed E-state index contributed by atoms with van der Waals surface area (Å²) in [5, 5.41) is 13.2. The Morgan fingerprint density at radius 1 is 0.947 bits per heavy atom. The predicted molar refractivity (Wildman–Crippen MR) is 155 cm³/mol. The minimum absolute atomic E-state index is 0. The SMILES string of the molecule is C.O=C(Nc1nnc(CCc2ccc(Cl)cc2)s1)[C@H]1CC(=O)N(c2ccc(CN3CCCCCC3)cc2)C1. The third kappa shape index (κ3) is 7.40. The maximum absolute atomic E-state index is 12.9. The highest BCUT2D eigenvalue weighted by Gasteiger charge is 2.35. The second-order valence-corrected chi connectivity index (χ2v) is 11.4. The van der Waals surface area contributed by atoms with Gasteiger partial charge in [0.1, 0.15) is 5.01 Å². The number of carbonyl (C=O) groups is 2. The molecule has 2 aliphatic rings. The lowest BCUT2D eigenvalue weighted by atomic mass is 10.1. The van der Waals surface area contributed by atoms with E-state index in [1.807, 2.05) is 36.4 Å². The molecule has 2 aromatic carbocycles. The minimum Gasteiger partial charge on any atom is -0.312 e. The van der Waals surface area contributed by atoms with Gasteiger partial charge in [-0.15, -0.1) is 10.2 Å². The summed E-state index contributed by atoms with van der Waals surface area (Å²) >= 11 is 7.32. The quantitative estimate of drug-likeness (QED) is 0.371. The zero-order valence-corrected chi connectivity index (χ0v) is 22.4. The number of nitrogens with one attached hydrogen (secondary N) is 1. The molecule has 2 amide bonds. The monoisotopic (exact) mass is 553 g/mol. The summed E-state index contributed by atoms with van der Waals surface area (Å²) in [7, 11) is 0. The normalized spacial score (nSPS) is 18.2. The lowest BCUT2D eigenvalue weighted by Gasteiger charge is -2.21. The molecule has 3 heterocycles. The largest absolute Gasteiger partial charge is 0.312 e. The molecule has 0 radical (unpaired) electrons. The lowest BCUT2D eigenvalue weighted by molar-refractivity contribution is -0.122. The van der Waals surface area contributed by atoms with Gasteiger partial charge in [-0.1, -0.05) is 67.5 Å². The Balaban J connectivity index is 0.00000336.